The van der Waals surface area contributed by atoms with Crippen LogP contribution in [0.2, 0.25) is 0 Å². The number of primary amides is 1. The maximum atomic E-state index is 11.7. The molecule has 1 aromatic heterocycles. The minimum atomic E-state index is -0.631. The summed E-state index contributed by atoms with van der Waals surface area (Å²) in [4.78, 5) is 32.3. The molecule has 0 spiro atoms. The van der Waals surface area contributed by atoms with E-state index in [1.807, 2.05) is 0 Å². The Labute approximate surface area is 170 Å². The minimum Gasteiger partial charge on any atom is -0.454 e. The summed E-state index contributed by atoms with van der Waals surface area (Å²) < 4.78 is 10.7. The summed E-state index contributed by atoms with van der Waals surface area (Å²) in [5, 5.41) is 11.9. The SMILES string of the molecule is NC(=O)c1ccccc1Nc1cc(CC(=O)NO)nc(-c2ccc3c(c2)OCO3)n1. The molecule has 2 heterocycles. The fourth-order valence-corrected chi connectivity index (χ4v) is 2.97. The fourth-order valence-electron chi connectivity index (χ4n) is 2.97. The van der Waals surface area contributed by atoms with Crippen molar-refractivity contribution in [3.8, 4) is 22.9 Å². The smallest absolute Gasteiger partial charge is 0.250 e. The van der Waals surface area contributed by atoms with Gasteiger partial charge in [0.05, 0.1) is 23.4 Å². The number of hydroxylamine groups is 1. The van der Waals surface area contributed by atoms with Crippen LogP contribution in [-0.2, 0) is 11.2 Å². The summed E-state index contributed by atoms with van der Waals surface area (Å²) in [5.41, 5.74) is 8.75. The van der Waals surface area contributed by atoms with Crippen molar-refractivity contribution >= 4 is 23.3 Å². The molecule has 2 aromatic carbocycles. The zero-order valence-electron chi connectivity index (χ0n) is 15.6. The lowest BCUT2D eigenvalue weighted by molar-refractivity contribution is -0.128. The third-order valence-electron chi connectivity index (χ3n) is 4.33. The highest BCUT2D eigenvalue weighted by atomic mass is 16.7. The molecule has 0 bridgehead atoms. The molecule has 30 heavy (non-hydrogen) atoms. The first-order valence-corrected chi connectivity index (χ1v) is 8.90. The fraction of sp³-hybridized carbons (Fsp3) is 0.100. The van der Waals surface area contributed by atoms with Gasteiger partial charge in [0.2, 0.25) is 12.7 Å². The molecule has 3 aromatic rings. The molecule has 0 fully saturated rings. The van der Waals surface area contributed by atoms with Crippen molar-refractivity contribution in [3.05, 3.63) is 59.8 Å². The van der Waals surface area contributed by atoms with Gasteiger partial charge in [-0.25, -0.2) is 15.4 Å². The lowest BCUT2D eigenvalue weighted by Gasteiger charge is -2.12. The number of carbonyl (C=O) groups excluding carboxylic acids is 2. The van der Waals surface area contributed by atoms with Crippen LogP contribution in [0.15, 0.2) is 48.5 Å². The maximum Gasteiger partial charge on any atom is 0.250 e. The Kier molecular flexibility index (Phi) is 5.14. The first-order chi connectivity index (χ1) is 14.5. The monoisotopic (exact) mass is 407 g/mol. The Balaban J connectivity index is 1.75. The lowest BCUT2D eigenvalue weighted by Crippen LogP contribution is -2.21. The van der Waals surface area contributed by atoms with Gasteiger partial charge in [0.25, 0.3) is 5.91 Å². The molecule has 4 rings (SSSR count). The molecule has 1 aliphatic rings. The van der Waals surface area contributed by atoms with Crippen molar-refractivity contribution in [2.24, 2.45) is 5.73 Å². The van der Waals surface area contributed by atoms with Gasteiger partial charge >= 0.3 is 0 Å². The van der Waals surface area contributed by atoms with Gasteiger partial charge in [-0.05, 0) is 30.3 Å². The van der Waals surface area contributed by atoms with Gasteiger partial charge in [0, 0.05) is 11.6 Å². The topological polar surface area (TPSA) is 149 Å². The van der Waals surface area contributed by atoms with Gasteiger partial charge in [-0.3, -0.25) is 14.8 Å². The van der Waals surface area contributed by atoms with Crippen molar-refractivity contribution in [3.63, 3.8) is 0 Å². The number of aromatic nitrogens is 2. The van der Waals surface area contributed by atoms with Gasteiger partial charge in [0.1, 0.15) is 5.82 Å². The normalized spacial score (nSPS) is 11.8. The molecule has 0 aliphatic carbocycles. The van der Waals surface area contributed by atoms with Gasteiger partial charge in [-0.2, -0.15) is 0 Å². The van der Waals surface area contributed by atoms with E-state index in [1.54, 1.807) is 54.0 Å². The van der Waals surface area contributed by atoms with E-state index in [2.05, 4.69) is 15.3 Å². The van der Waals surface area contributed by atoms with E-state index in [0.717, 1.165) is 0 Å². The molecule has 10 nitrogen and oxygen atoms in total. The number of ether oxygens (including phenoxy) is 2. The van der Waals surface area contributed by atoms with Crippen LogP contribution in [0.3, 0.4) is 0 Å². The molecule has 152 valence electrons. The number of carbonyl (C=O) groups is 2. The van der Waals surface area contributed by atoms with Crippen LogP contribution in [0.25, 0.3) is 11.4 Å². The molecular weight excluding hydrogens is 390 g/mol. The Bertz CT molecular complexity index is 1130. The average molecular weight is 407 g/mol. The van der Waals surface area contributed by atoms with Crippen LogP contribution in [0.5, 0.6) is 11.5 Å². The predicted molar refractivity (Wildman–Crippen MR) is 105 cm³/mol. The Morgan fingerprint density at radius 2 is 1.87 bits per heavy atom. The number of nitrogens with one attached hydrogen (secondary N) is 2. The summed E-state index contributed by atoms with van der Waals surface area (Å²) >= 11 is 0. The van der Waals surface area contributed by atoms with E-state index in [9.17, 15) is 9.59 Å². The minimum absolute atomic E-state index is 0.132. The third kappa shape index (κ3) is 3.98. The first kappa shape index (κ1) is 19.2. The third-order valence-corrected chi connectivity index (χ3v) is 4.33. The van der Waals surface area contributed by atoms with Crippen LogP contribution in [0.1, 0.15) is 16.1 Å². The molecule has 0 radical (unpaired) electrons. The largest absolute Gasteiger partial charge is 0.454 e. The summed E-state index contributed by atoms with van der Waals surface area (Å²) in [6.45, 7) is 0.132. The molecule has 10 heteroatoms. The lowest BCUT2D eigenvalue weighted by atomic mass is 10.1. The number of para-hydroxylation sites is 1. The molecule has 0 saturated carbocycles. The number of rotatable bonds is 6. The summed E-state index contributed by atoms with van der Waals surface area (Å²) in [5.74, 6) is 0.603. The number of amides is 2. The van der Waals surface area contributed by atoms with Crippen LogP contribution in [-0.4, -0.2) is 33.8 Å². The van der Waals surface area contributed by atoms with Crippen molar-refractivity contribution < 1.29 is 24.3 Å². The second-order valence-electron chi connectivity index (χ2n) is 6.38. The van der Waals surface area contributed by atoms with E-state index in [4.69, 9.17) is 20.4 Å². The van der Waals surface area contributed by atoms with Crippen molar-refractivity contribution in [2.75, 3.05) is 12.1 Å². The number of nitrogens with two attached hydrogens (primary N) is 1. The Hall–Kier alpha value is -4.18. The number of hydrogen-bond donors (Lipinski definition) is 4. The molecule has 2 amide bonds. The molecular formula is C20H17N5O5. The second kappa shape index (κ2) is 8.05. The van der Waals surface area contributed by atoms with Crippen molar-refractivity contribution in [1.82, 2.24) is 15.4 Å². The predicted octanol–water partition coefficient (Wildman–Crippen LogP) is 1.76. The highest BCUT2D eigenvalue weighted by molar-refractivity contribution is 5.99. The van der Waals surface area contributed by atoms with Gasteiger partial charge in [-0.1, -0.05) is 12.1 Å². The van der Waals surface area contributed by atoms with Crippen LogP contribution >= 0.6 is 0 Å². The number of anilines is 2. The molecule has 5 N–H and O–H groups in total. The summed E-state index contributed by atoms with van der Waals surface area (Å²) in [6, 6.07) is 13.5. The van der Waals surface area contributed by atoms with Crippen molar-refractivity contribution in [2.45, 2.75) is 6.42 Å². The number of nitrogens with zero attached hydrogens (tertiary/aromatic N) is 2. The van der Waals surface area contributed by atoms with E-state index in [0.29, 0.717) is 40.1 Å². The highest BCUT2D eigenvalue weighted by Crippen LogP contribution is 2.35. The molecule has 0 atom stereocenters. The zero-order valence-corrected chi connectivity index (χ0v) is 15.6. The Morgan fingerprint density at radius 3 is 2.67 bits per heavy atom. The Morgan fingerprint density at radius 1 is 1.07 bits per heavy atom. The molecule has 0 unspecified atom stereocenters. The van der Waals surface area contributed by atoms with Crippen LogP contribution in [0, 0.1) is 0 Å². The number of hydrogen-bond acceptors (Lipinski definition) is 8. The number of fused-ring (bicyclic) bond motifs is 1. The summed E-state index contributed by atoms with van der Waals surface area (Å²) in [7, 11) is 0. The maximum absolute atomic E-state index is 11.7. The van der Waals surface area contributed by atoms with Gasteiger partial charge in [-0.15, -0.1) is 0 Å². The van der Waals surface area contributed by atoms with E-state index < -0.39 is 11.8 Å². The average Bonchev–Trinajstić information content (AvgIpc) is 3.21. The van der Waals surface area contributed by atoms with Crippen LogP contribution < -0.4 is 26.0 Å². The second-order valence-corrected chi connectivity index (χ2v) is 6.38. The number of benzene rings is 2. The van der Waals surface area contributed by atoms with E-state index >= 15 is 0 Å². The van der Waals surface area contributed by atoms with Crippen LogP contribution in [0.4, 0.5) is 11.5 Å². The zero-order chi connectivity index (χ0) is 21.1. The van der Waals surface area contributed by atoms with E-state index in [-0.39, 0.29) is 18.8 Å². The summed E-state index contributed by atoms with van der Waals surface area (Å²) in [6.07, 6.45) is -0.178. The van der Waals surface area contributed by atoms with Gasteiger partial charge < -0.3 is 20.5 Å². The van der Waals surface area contributed by atoms with E-state index in [1.165, 1.54) is 0 Å². The highest BCUT2D eigenvalue weighted by Gasteiger charge is 2.17. The van der Waals surface area contributed by atoms with Crippen molar-refractivity contribution in [1.29, 1.82) is 0 Å². The molecule has 0 saturated heterocycles. The first-order valence-electron chi connectivity index (χ1n) is 8.90. The standard InChI is InChI=1S/C20H17N5O5/c21-19(27)13-3-1-2-4-14(13)23-17-8-12(9-18(26)25-28)22-20(24-17)11-5-6-15-16(7-11)30-10-29-15/h1-8,28H,9-10H2,(H2,21,27)(H,25,26)(H,22,23,24). The quantitative estimate of drug-likeness (QED) is 0.357. The van der Waals surface area contributed by atoms with Gasteiger partial charge in [0.15, 0.2) is 17.3 Å². The molecule has 1 aliphatic heterocycles.